The molecule has 1 atom stereocenters. The number of imidazole rings is 1. The van der Waals surface area contributed by atoms with E-state index in [9.17, 15) is 14.4 Å². The molecule has 2 heterocycles. The van der Waals surface area contributed by atoms with Crippen molar-refractivity contribution in [3.63, 3.8) is 0 Å². The molecule has 1 unspecified atom stereocenters. The van der Waals surface area contributed by atoms with Gasteiger partial charge in [-0.25, -0.2) is 4.98 Å². The van der Waals surface area contributed by atoms with E-state index in [0.29, 0.717) is 5.56 Å². The van der Waals surface area contributed by atoms with Gasteiger partial charge in [0, 0.05) is 42.3 Å². The second-order valence-corrected chi connectivity index (χ2v) is 11.8. The Bertz CT molecular complexity index is 1670. The number of nitrogens with zero attached hydrogens (tertiary/aromatic N) is 3. The number of hydrogen-bond donors (Lipinski definition) is 1. The summed E-state index contributed by atoms with van der Waals surface area (Å²) >= 11 is 0. The molecule has 1 aliphatic rings. The normalized spacial score (nSPS) is 13.6. The highest BCUT2D eigenvalue weighted by molar-refractivity contribution is 6.01. The summed E-state index contributed by atoms with van der Waals surface area (Å²) in [5.74, 6) is -0.613. The average Bonchev–Trinajstić information content (AvgIpc) is 3.44. The van der Waals surface area contributed by atoms with Crippen LogP contribution < -0.4 is 5.73 Å². The Morgan fingerprint density at radius 3 is 2.36 bits per heavy atom. The van der Waals surface area contributed by atoms with Crippen molar-refractivity contribution in [3.8, 4) is 33.9 Å². The molecule has 4 aromatic rings. The predicted molar refractivity (Wildman–Crippen MR) is 162 cm³/mol. The predicted octanol–water partition coefficient (Wildman–Crippen LogP) is 5.66. The number of benzene rings is 3. The van der Waals surface area contributed by atoms with Crippen LogP contribution in [-0.2, 0) is 27.9 Å². The highest BCUT2D eigenvalue weighted by Gasteiger charge is 2.36. The van der Waals surface area contributed by atoms with Gasteiger partial charge in [0.25, 0.3) is 5.91 Å². The van der Waals surface area contributed by atoms with E-state index in [0.717, 1.165) is 45.0 Å². The van der Waals surface area contributed by atoms with Gasteiger partial charge in [0.2, 0.25) is 5.91 Å². The molecule has 2 amide bonds. The maximum atomic E-state index is 13.4. The van der Waals surface area contributed by atoms with Gasteiger partial charge in [0.05, 0.1) is 11.4 Å². The first kappa shape index (κ1) is 28.8. The summed E-state index contributed by atoms with van der Waals surface area (Å²) in [5, 5.41) is 0. The van der Waals surface area contributed by atoms with Crippen molar-refractivity contribution in [2.75, 3.05) is 0 Å². The van der Waals surface area contributed by atoms with E-state index in [4.69, 9.17) is 15.5 Å². The zero-order chi connectivity index (χ0) is 30.2. The quantitative estimate of drug-likeness (QED) is 0.278. The van der Waals surface area contributed by atoms with E-state index in [1.165, 1.54) is 4.90 Å². The molecule has 0 saturated carbocycles. The molecule has 8 heteroatoms. The second-order valence-electron chi connectivity index (χ2n) is 11.8. The Balaban J connectivity index is 1.47. The van der Waals surface area contributed by atoms with E-state index in [1.807, 2.05) is 55.6 Å². The molecular weight excluding hydrogens is 528 g/mol. The summed E-state index contributed by atoms with van der Waals surface area (Å²) in [6.07, 6.45) is 0.0734. The van der Waals surface area contributed by atoms with Crippen LogP contribution in [0.25, 0.3) is 33.9 Å². The van der Waals surface area contributed by atoms with E-state index in [-0.39, 0.29) is 25.3 Å². The number of carbonyl (C=O) groups excluding carboxylic acids is 3. The van der Waals surface area contributed by atoms with Gasteiger partial charge < -0.3 is 19.9 Å². The van der Waals surface area contributed by atoms with Crippen molar-refractivity contribution < 1.29 is 19.1 Å². The van der Waals surface area contributed by atoms with Crippen LogP contribution in [0.1, 0.15) is 55.1 Å². The van der Waals surface area contributed by atoms with Gasteiger partial charge >= 0.3 is 5.97 Å². The Labute approximate surface area is 246 Å². The van der Waals surface area contributed by atoms with Crippen LogP contribution in [0.4, 0.5) is 0 Å². The van der Waals surface area contributed by atoms with Crippen LogP contribution >= 0.6 is 0 Å². The number of hydrogen-bond acceptors (Lipinski definition) is 5. The number of rotatable bonds is 8. The smallest absolute Gasteiger partial charge is 0.306 e. The molecule has 0 fully saturated rings. The average molecular weight is 565 g/mol. The van der Waals surface area contributed by atoms with Crippen LogP contribution in [0.2, 0.25) is 0 Å². The third kappa shape index (κ3) is 5.84. The van der Waals surface area contributed by atoms with E-state index < -0.39 is 23.5 Å². The van der Waals surface area contributed by atoms with Crippen molar-refractivity contribution in [2.45, 2.75) is 58.7 Å². The third-order valence-corrected chi connectivity index (χ3v) is 7.38. The van der Waals surface area contributed by atoms with Crippen LogP contribution in [-0.4, -0.2) is 43.9 Å². The molecule has 0 radical (unpaired) electrons. The number of amides is 2. The lowest BCUT2D eigenvalue weighted by atomic mass is 10.0. The summed E-state index contributed by atoms with van der Waals surface area (Å²) in [7, 11) is 2.00. The molecule has 0 spiro atoms. The van der Waals surface area contributed by atoms with Gasteiger partial charge in [0.1, 0.15) is 17.5 Å². The molecule has 42 heavy (non-hydrogen) atoms. The number of fused-ring (bicyclic) bond motifs is 1. The summed E-state index contributed by atoms with van der Waals surface area (Å²) in [5.41, 5.74) is 12.3. The lowest BCUT2D eigenvalue weighted by Gasteiger charge is -2.25. The summed E-state index contributed by atoms with van der Waals surface area (Å²) in [6.45, 7) is 7.62. The van der Waals surface area contributed by atoms with Gasteiger partial charge in [-0.2, -0.15) is 0 Å². The van der Waals surface area contributed by atoms with Crippen LogP contribution in [0, 0.1) is 6.92 Å². The van der Waals surface area contributed by atoms with Gasteiger partial charge in [-0.15, -0.1) is 0 Å². The van der Waals surface area contributed by atoms with E-state index in [2.05, 4.69) is 29.7 Å². The summed E-state index contributed by atoms with van der Waals surface area (Å²) in [6, 6.07) is 23.1. The molecule has 0 bridgehead atoms. The van der Waals surface area contributed by atoms with Crippen molar-refractivity contribution in [1.82, 2.24) is 14.5 Å². The Hall–Kier alpha value is -4.72. The molecule has 2 N–H and O–H groups in total. The molecule has 8 nitrogen and oxygen atoms in total. The van der Waals surface area contributed by atoms with Gasteiger partial charge in [-0.3, -0.25) is 14.4 Å². The zero-order valence-electron chi connectivity index (χ0n) is 24.7. The number of primary amides is 1. The van der Waals surface area contributed by atoms with Gasteiger partial charge in [-0.05, 0) is 57.9 Å². The summed E-state index contributed by atoms with van der Waals surface area (Å²) in [4.78, 5) is 44.6. The number of ether oxygens (including phenoxy) is 1. The molecule has 0 aliphatic carbocycles. The highest BCUT2D eigenvalue weighted by atomic mass is 16.6. The second kappa shape index (κ2) is 11.3. The van der Waals surface area contributed by atoms with Gasteiger partial charge in [0.15, 0.2) is 0 Å². The molecular formula is C34H36N4O4. The molecule has 1 aliphatic heterocycles. The monoisotopic (exact) mass is 564 g/mol. The Morgan fingerprint density at radius 1 is 0.976 bits per heavy atom. The van der Waals surface area contributed by atoms with E-state index >= 15 is 0 Å². The number of aromatic nitrogens is 2. The highest BCUT2D eigenvalue weighted by Crippen LogP contribution is 2.37. The fourth-order valence-electron chi connectivity index (χ4n) is 5.51. The third-order valence-electron chi connectivity index (χ3n) is 7.38. The summed E-state index contributed by atoms with van der Waals surface area (Å²) < 4.78 is 7.46. The first-order valence-electron chi connectivity index (χ1n) is 14.1. The number of carbonyl (C=O) groups is 3. The zero-order valence-corrected chi connectivity index (χ0v) is 24.7. The largest absolute Gasteiger partial charge is 0.460 e. The molecule has 1 aromatic heterocycles. The number of aryl methyl sites for hydroxylation is 1. The molecule has 0 saturated heterocycles. The van der Waals surface area contributed by atoms with Crippen molar-refractivity contribution in [1.29, 1.82) is 0 Å². The van der Waals surface area contributed by atoms with Crippen LogP contribution in [0.5, 0.6) is 0 Å². The Kier molecular flexibility index (Phi) is 7.73. The van der Waals surface area contributed by atoms with Crippen molar-refractivity contribution in [3.05, 3.63) is 89.5 Å². The van der Waals surface area contributed by atoms with Crippen molar-refractivity contribution in [2.24, 2.45) is 12.8 Å². The topological polar surface area (TPSA) is 108 Å². The molecule has 216 valence electrons. The Morgan fingerprint density at radius 2 is 1.69 bits per heavy atom. The SMILES string of the molecule is Cc1cccc(-c2c(-c3ccccc3)nc(-c3ccc4c(c3)CN(C(CCC(=O)OC(C)(C)C)C(N)=O)C4=O)n2C)c1. The van der Waals surface area contributed by atoms with Crippen LogP contribution in [0.15, 0.2) is 72.8 Å². The van der Waals surface area contributed by atoms with Crippen LogP contribution in [0.3, 0.4) is 0 Å². The minimum absolute atomic E-state index is 0.0203. The number of nitrogens with two attached hydrogens (primary N) is 1. The minimum Gasteiger partial charge on any atom is -0.460 e. The van der Waals surface area contributed by atoms with Gasteiger partial charge in [-0.1, -0.05) is 60.2 Å². The number of esters is 1. The fraction of sp³-hybridized carbons (Fsp3) is 0.294. The lowest BCUT2D eigenvalue weighted by Crippen LogP contribution is -2.45. The lowest BCUT2D eigenvalue weighted by molar-refractivity contribution is -0.155. The fourth-order valence-corrected chi connectivity index (χ4v) is 5.51. The minimum atomic E-state index is -0.924. The first-order valence-corrected chi connectivity index (χ1v) is 14.1. The maximum Gasteiger partial charge on any atom is 0.306 e. The molecule has 3 aromatic carbocycles. The standard InChI is InChI=1S/C34H36N4O4/c1-21-10-9-13-23(18-21)30-29(22-11-7-6-8-12-22)36-32(37(30)5)24-14-15-26-25(19-24)20-38(33(26)41)27(31(35)40)16-17-28(39)42-34(2,3)4/h6-15,18-19,27H,16-17,20H2,1-5H3,(H2,35,40). The maximum absolute atomic E-state index is 13.4. The van der Waals surface area contributed by atoms with E-state index in [1.54, 1.807) is 26.8 Å². The first-order chi connectivity index (χ1) is 19.9. The molecule has 5 rings (SSSR count). The van der Waals surface area contributed by atoms with Crippen molar-refractivity contribution >= 4 is 17.8 Å².